The van der Waals surface area contributed by atoms with Crippen LogP contribution >= 0.6 is 0 Å². The number of nitrogens with zero attached hydrogens (tertiary/aromatic N) is 1. The van der Waals surface area contributed by atoms with Gasteiger partial charge in [-0.05, 0) is 12.8 Å². The largest absolute Gasteiger partial charge is 0.481 e. The Kier molecular flexibility index (Phi) is 2.92. The molecular weight excluding hydrogens is 194 g/mol. The van der Waals surface area contributed by atoms with Crippen molar-refractivity contribution < 1.29 is 18.3 Å². The molecule has 0 aromatic heterocycles. The predicted octanol–water partition coefficient (Wildman–Crippen LogP) is -0.257. The van der Waals surface area contributed by atoms with Gasteiger partial charge in [-0.2, -0.15) is 0 Å². The third kappa shape index (κ3) is 2.41. The van der Waals surface area contributed by atoms with Crippen molar-refractivity contribution in [1.29, 1.82) is 0 Å². The fourth-order valence-corrected chi connectivity index (χ4v) is 2.55. The van der Waals surface area contributed by atoms with Crippen LogP contribution in [0.3, 0.4) is 0 Å². The molecule has 0 aliphatic carbocycles. The van der Waals surface area contributed by atoms with Crippen LogP contribution in [-0.4, -0.2) is 42.6 Å². The van der Waals surface area contributed by atoms with E-state index >= 15 is 0 Å². The molecule has 0 spiro atoms. The van der Waals surface area contributed by atoms with Crippen molar-refractivity contribution in [1.82, 2.24) is 4.31 Å². The molecule has 1 fully saturated rings. The summed E-state index contributed by atoms with van der Waals surface area (Å²) in [6.07, 6.45) is 0.0652. The normalized spacial score (nSPS) is 19.8. The van der Waals surface area contributed by atoms with Gasteiger partial charge < -0.3 is 5.11 Å². The molecule has 0 amide bonds. The standard InChI is InChI=1S/C7H13NO4S/c1-2-13(11,12)8-4-6(5-8)3-7(9)10/h6H,2-5H2,1H3,(H,9,10). The molecule has 13 heavy (non-hydrogen) atoms. The van der Waals surface area contributed by atoms with Gasteiger partial charge in [0.1, 0.15) is 0 Å². The molecule has 6 heteroatoms. The summed E-state index contributed by atoms with van der Waals surface area (Å²) in [5.41, 5.74) is 0. The average molecular weight is 207 g/mol. The molecule has 76 valence electrons. The Bertz CT molecular complexity index is 292. The van der Waals surface area contributed by atoms with Crippen LogP contribution in [0.15, 0.2) is 0 Å². The number of hydrogen-bond acceptors (Lipinski definition) is 3. The molecule has 1 rings (SSSR count). The van der Waals surface area contributed by atoms with Crippen molar-refractivity contribution in [2.45, 2.75) is 13.3 Å². The topological polar surface area (TPSA) is 74.7 Å². The molecular formula is C7H13NO4S. The highest BCUT2D eigenvalue weighted by atomic mass is 32.2. The van der Waals surface area contributed by atoms with E-state index in [1.54, 1.807) is 6.92 Å². The van der Waals surface area contributed by atoms with Crippen LogP contribution in [0.1, 0.15) is 13.3 Å². The number of sulfonamides is 1. The maximum atomic E-state index is 11.2. The molecule has 0 aromatic rings. The number of rotatable bonds is 4. The minimum Gasteiger partial charge on any atom is -0.481 e. The van der Waals surface area contributed by atoms with E-state index in [1.807, 2.05) is 0 Å². The Morgan fingerprint density at radius 3 is 2.46 bits per heavy atom. The number of aliphatic carboxylic acids is 1. The SMILES string of the molecule is CCS(=O)(=O)N1CC(CC(=O)O)C1. The summed E-state index contributed by atoms with van der Waals surface area (Å²) in [5.74, 6) is -0.773. The first-order valence-electron chi connectivity index (χ1n) is 4.15. The highest BCUT2D eigenvalue weighted by Crippen LogP contribution is 2.22. The predicted molar refractivity (Wildman–Crippen MR) is 46.8 cm³/mol. The second kappa shape index (κ2) is 3.63. The monoisotopic (exact) mass is 207 g/mol. The molecule has 1 N–H and O–H groups in total. The highest BCUT2D eigenvalue weighted by molar-refractivity contribution is 7.89. The van der Waals surface area contributed by atoms with Crippen LogP contribution in [0.2, 0.25) is 0 Å². The first-order chi connectivity index (χ1) is 5.95. The van der Waals surface area contributed by atoms with Gasteiger partial charge in [0, 0.05) is 13.1 Å². The van der Waals surface area contributed by atoms with Crippen molar-refractivity contribution in [2.75, 3.05) is 18.8 Å². The minimum atomic E-state index is -3.09. The summed E-state index contributed by atoms with van der Waals surface area (Å²) >= 11 is 0. The Morgan fingerprint density at radius 1 is 1.54 bits per heavy atom. The minimum absolute atomic E-state index is 0.00109. The zero-order valence-electron chi connectivity index (χ0n) is 7.43. The first kappa shape index (κ1) is 10.5. The first-order valence-corrected chi connectivity index (χ1v) is 5.76. The van der Waals surface area contributed by atoms with Crippen LogP contribution in [-0.2, 0) is 14.8 Å². The van der Waals surface area contributed by atoms with Crippen molar-refractivity contribution >= 4 is 16.0 Å². The Hall–Kier alpha value is -0.620. The lowest BCUT2D eigenvalue weighted by Crippen LogP contribution is -2.50. The molecule has 1 aliphatic rings. The summed E-state index contributed by atoms with van der Waals surface area (Å²) in [5, 5.41) is 8.43. The van der Waals surface area contributed by atoms with E-state index in [1.165, 1.54) is 4.31 Å². The van der Waals surface area contributed by atoms with Crippen molar-refractivity contribution in [2.24, 2.45) is 5.92 Å². The molecule has 1 heterocycles. The van der Waals surface area contributed by atoms with Crippen molar-refractivity contribution in [3.8, 4) is 0 Å². The smallest absolute Gasteiger partial charge is 0.303 e. The lowest BCUT2D eigenvalue weighted by molar-refractivity contribution is -0.139. The second-order valence-electron chi connectivity index (χ2n) is 3.18. The van der Waals surface area contributed by atoms with Gasteiger partial charge in [-0.3, -0.25) is 4.79 Å². The quantitative estimate of drug-likeness (QED) is 0.689. The number of carboxylic acid groups (broad SMARTS) is 1. The molecule has 0 unspecified atom stereocenters. The summed E-state index contributed by atoms with van der Waals surface area (Å²) in [7, 11) is -3.09. The zero-order valence-corrected chi connectivity index (χ0v) is 8.25. The van der Waals surface area contributed by atoms with Crippen LogP contribution < -0.4 is 0 Å². The summed E-state index contributed by atoms with van der Waals surface area (Å²) in [4.78, 5) is 10.3. The van der Waals surface area contributed by atoms with Gasteiger partial charge >= 0.3 is 5.97 Å². The average Bonchev–Trinajstić information content (AvgIpc) is 1.95. The van der Waals surface area contributed by atoms with Crippen LogP contribution in [0, 0.1) is 5.92 Å². The highest BCUT2D eigenvalue weighted by Gasteiger charge is 2.35. The fraction of sp³-hybridized carbons (Fsp3) is 0.857. The van der Waals surface area contributed by atoms with Gasteiger partial charge in [0.15, 0.2) is 0 Å². The van der Waals surface area contributed by atoms with Gasteiger partial charge in [0.2, 0.25) is 10.0 Å². The Labute approximate surface area is 77.4 Å². The van der Waals surface area contributed by atoms with E-state index in [2.05, 4.69) is 0 Å². The molecule has 1 aliphatic heterocycles. The maximum Gasteiger partial charge on any atom is 0.303 e. The molecule has 5 nitrogen and oxygen atoms in total. The fourth-order valence-electron chi connectivity index (χ4n) is 1.31. The molecule has 0 bridgehead atoms. The summed E-state index contributed by atoms with van der Waals surface area (Å²) < 4.78 is 23.7. The lowest BCUT2D eigenvalue weighted by Gasteiger charge is -2.36. The third-order valence-corrected chi connectivity index (χ3v) is 3.96. The van der Waals surface area contributed by atoms with E-state index in [0.29, 0.717) is 13.1 Å². The summed E-state index contributed by atoms with van der Waals surface area (Å²) in [6.45, 7) is 2.31. The van der Waals surface area contributed by atoms with E-state index in [9.17, 15) is 13.2 Å². The zero-order chi connectivity index (χ0) is 10.1. The van der Waals surface area contributed by atoms with E-state index in [4.69, 9.17) is 5.11 Å². The number of hydrogen-bond donors (Lipinski definition) is 1. The van der Waals surface area contributed by atoms with Gasteiger partial charge in [-0.25, -0.2) is 12.7 Å². The molecule has 1 saturated heterocycles. The van der Waals surface area contributed by atoms with E-state index in [-0.39, 0.29) is 18.1 Å². The Balaban J connectivity index is 2.38. The van der Waals surface area contributed by atoms with Crippen molar-refractivity contribution in [3.63, 3.8) is 0 Å². The number of carbonyl (C=O) groups is 1. The van der Waals surface area contributed by atoms with E-state index in [0.717, 1.165) is 0 Å². The van der Waals surface area contributed by atoms with Gasteiger partial charge in [0.25, 0.3) is 0 Å². The van der Waals surface area contributed by atoms with Gasteiger partial charge in [0.05, 0.1) is 12.2 Å². The number of carboxylic acids is 1. The Morgan fingerprint density at radius 2 is 2.08 bits per heavy atom. The van der Waals surface area contributed by atoms with Crippen LogP contribution in [0.25, 0.3) is 0 Å². The maximum absolute atomic E-state index is 11.2. The lowest BCUT2D eigenvalue weighted by atomic mass is 10.00. The molecule has 0 aromatic carbocycles. The molecule has 0 saturated carbocycles. The molecule has 0 radical (unpaired) electrons. The van der Waals surface area contributed by atoms with Crippen LogP contribution in [0.5, 0.6) is 0 Å². The van der Waals surface area contributed by atoms with Crippen molar-refractivity contribution in [3.05, 3.63) is 0 Å². The van der Waals surface area contributed by atoms with E-state index < -0.39 is 16.0 Å². The van der Waals surface area contributed by atoms with Crippen LogP contribution in [0.4, 0.5) is 0 Å². The second-order valence-corrected chi connectivity index (χ2v) is 5.44. The third-order valence-electron chi connectivity index (χ3n) is 2.15. The summed E-state index contributed by atoms with van der Waals surface area (Å²) in [6, 6.07) is 0. The molecule has 0 atom stereocenters. The van der Waals surface area contributed by atoms with Gasteiger partial charge in [-0.15, -0.1) is 0 Å². The van der Waals surface area contributed by atoms with Gasteiger partial charge in [-0.1, -0.05) is 0 Å².